The summed E-state index contributed by atoms with van der Waals surface area (Å²) in [4.78, 5) is 0.281. The van der Waals surface area contributed by atoms with Crippen molar-refractivity contribution in [3.05, 3.63) is 24.3 Å². The molecule has 0 unspecified atom stereocenters. The van der Waals surface area contributed by atoms with E-state index in [0.717, 1.165) is 5.69 Å². The highest BCUT2D eigenvalue weighted by molar-refractivity contribution is 7.89. The zero-order chi connectivity index (χ0) is 14.0. The third-order valence-electron chi connectivity index (χ3n) is 2.63. The molecule has 0 radical (unpaired) electrons. The zero-order valence-corrected chi connectivity index (χ0v) is 12.1. The lowest BCUT2D eigenvalue weighted by Crippen LogP contribution is -2.39. The van der Waals surface area contributed by atoms with Gasteiger partial charge in [-0.3, -0.25) is 0 Å². The second-order valence-corrected chi connectivity index (χ2v) is 7.18. The lowest BCUT2D eigenvalue weighted by Gasteiger charge is -2.25. The normalized spacial score (nSPS) is 12.8. The van der Waals surface area contributed by atoms with E-state index in [1.54, 1.807) is 24.3 Å². The molecule has 5 nitrogen and oxygen atoms in total. The standard InChI is InChI=1S/C12H21N3O2S/c1-12(2,9-13)14-10-5-7-11(8-6-10)18(16,17)15(3)4/h5-8,14H,9,13H2,1-4H3. The van der Waals surface area contributed by atoms with Gasteiger partial charge in [-0.05, 0) is 38.1 Å². The molecule has 0 heterocycles. The molecule has 1 rings (SSSR count). The van der Waals surface area contributed by atoms with Gasteiger partial charge in [0.25, 0.3) is 0 Å². The lowest BCUT2D eigenvalue weighted by atomic mass is 10.1. The molecule has 18 heavy (non-hydrogen) atoms. The van der Waals surface area contributed by atoms with Crippen LogP contribution in [0.25, 0.3) is 0 Å². The minimum absolute atomic E-state index is 0.220. The predicted octanol–water partition coefficient (Wildman–Crippen LogP) is 1.09. The van der Waals surface area contributed by atoms with E-state index < -0.39 is 10.0 Å². The van der Waals surface area contributed by atoms with Gasteiger partial charge in [-0.25, -0.2) is 12.7 Å². The fraction of sp³-hybridized carbons (Fsp3) is 0.500. The van der Waals surface area contributed by atoms with E-state index in [1.807, 2.05) is 13.8 Å². The topological polar surface area (TPSA) is 75.4 Å². The van der Waals surface area contributed by atoms with Crippen LogP contribution in [0.1, 0.15) is 13.8 Å². The summed E-state index contributed by atoms with van der Waals surface area (Å²) in [5.74, 6) is 0. The van der Waals surface area contributed by atoms with E-state index in [9.17, 15) is 8.42 Å². The Morgan fingerprint density at radius 3 is 2.11 bits per heavy atom. The highest BCUT2D eigenvalue weighted by Gasteiger charge is 2.18. The minimum Gasteiger partial charge on any atom is -0.379 e. The summed E-state index contributed by atoms with van der Waals surface area (Å²) < 4.78 is 24.9. The smallest absolute Gasteiger partial charge is 0.242 e. The maximum Gasteiger partial charge on any atom is 0.242 e. The molecule has 0 atom stereocenters. The first-order valence-electron chi connectivity index (χ1n) is 5.70. The van der Waals surface area contributed by atoms with Crippen molar-refractivity contribution in [1.29, 1.82) is 0 Å². The Morgan fingerprint density at radius 1 is 1.22 bits per heavy atom. The fourth-order valence-corrected chi connectivity index (χ4v) is 2.26. The third kappa shape index (κ3) is 3.44. The number of hydrogen-bond donors (Lipinski definition) is 2. The molecule has 0 aliphatic carbocycles. The second-order valence-electron chi connectivity index (χ2n) is 5.02. The van der Waals surface area contributed by atoms with Gasteiger partial charge in [0.2, 0.25) is 10.0 Å². The molecular formula is C12H21N3O2S. The molecular weight excluding hydrogens is 250 g/mol. The van der Waals surface area contributed by atoms with Crippen LogP contribution in [0, 0.1) is 0 Å². The van der Waals surface area contributed by atoms with Crippen molar-refractivity contribution in [2.75, 3.05) is 26.0 Å². The van der Waals surface area contributed by atoms with Crippen LogP contribution in [-0.2, 0) is 10.0 Å². The number of sulfonamides is 1. The maximum absolute atomic E-state index is 11.9. The van der Waals surface area contributed by atoms with Crippen LogP contribution in [-0.4, -0.2) is 38.9 Å². The average Bonchev–Trinajstić information content (AvgIpc) is 2.29. The van der Waals surface area contributed by atoms with Crippen molar-refractivity contribution < 1.29 is 8.42 Å². The van der Waals surface area contributed by atoms with E-state index in [4.69, 9.17) is 5.73 Å². The summed E-state index contributed by atoms with van der Waals surface area (Å²) in [5.41, 5.74) is 6.26. The Morgan fingerprint density at radius 2 is 1.72 bits per heavy atom. The molecule has 0 aromatic heterocycles. The van der Waals surface area contributed by atoms with Gasteiger partial charge in [-0.2, -0.15) is 0 Å². The van der Waals surface area contributed by atoms with Gasteiger partial charge in [0.05, 0.1) is 4.90 Å². The van der Waals surface area contributed by atoms with E-state index in [-0.39, 0.29) is 10.4 Å². The molecule has 1 aromatic carbocycles. The van der Waals surface area contributed by atoms with Crippen molar-refractivity contribution in [2.45, 2.75) is 24.3 Å². The van der Waals surface area contributed by atoms with E-state index >= 15 is 0 Å². The maximum atomic E-state index is 11.9. The minimum atomic E-state index is -3.36. The molecule has 0 saturated carbocycles. The van der Waals surface area contributed by atoms with Crippen LogP contribution < -0.4 is 11.1 Å². The molecule has 3 N–H and O–H groups in total. The zero-order valence-electron chi connectivity index (χ0n) is 11.3. The highest BCUT2D eigenvalue weighted by Crippen LogP contribution is 2.19. The average molecular weight is 271 g/mol. The fourth-order valence-electron chi connectivity index (χ4n) is 1.36. The molecule has 0 spiro atoms. The predicted molar refractivity (Wildman–Crippen MR) is 74.1 cm³/mol. The first kappa shape index (κ1) is 14.9. The number of nitrogens with zero attached hydrogens (tertiary/aromatic N) is 1. The van der Waals surface area contributed by atoms with Crippen LogP contribution in [0.4, 0.5) is 5.69 Å². The summed E-state index contributed by atoms with van der Waals surface area (Å²) >= 11 is 0. The van der Waals surface area contributed by atoms with Crippen molar-refractivity contribution >= 4 is 15.7 Å². The Balaban J connectivity index is 2.94. The van der Waals surface area contributed by atoms with Crippen LogP contribution in [0.15, 0.2) is 29.2 Å². The molecule has 0 aliphatic heterocycles. The number of nitrogens with two attached hydrogens (primary N) is 1. The Bertz CT molecular complexity index is 493. The van der Waals surface area contributed by atoms with Crippen LogP contribution >= 0.6 is 0 Å². The number of hydrogen-bond acceptors (Lipinski definition) is 4. The summed E-state index contributed by atoms with van der Waals surface area (Å²) in [7, 11) is -0.336. The summed E-state index contributed by atoms with van der Waals surface area (Å²) in [6.07, 6.45) is 0. The number of rotatable bonds is 5. The summed E-state index contributed by atoms with van der Waals surface area (Å²) in [6.45, 7) is 4.46. The number of nitrogens with one attached hydrogen (secondary N) is 1. The van der Waals surface area contributed by atoms with Gasteiger partial charge in [0.15, 0.2) is 0 Å². The first-order valence-corrected chi connectivity index (χ1v) is 7.14. The Labute approximate surface area is 109 Å². The van der Waals surface area contributed by atoms with Gasteiger partial charge in [0, 0.05) is 31.9 Å². The quantitative estimate of drug-likeness (QED) is 0.840. The monoisotopic (exact) mass is 271 g/mol. The number of anilines is 1. The molecule has 102 valence electrons. The van der Waals surface area contributed by atoms with Crippen molar-refractivity contribution in [1.82, 2.24) is 4.31 Å². The van der Waals surface area contributed by atoms with Gasteiger partial charge in [0.1, 0.15) is 0 Å². The van der Waals surface area contributed by atoms with Crippen LogP contribution in [0.2, 0.25) is 0 Å². The van der Waals surface area contributed by atoms with Gasteiger partial charge < -0.3 is 11.1 Å². The van der Waals surface area contributed by atoms with Gasteiger partial charge >= 0.3 is 0 Å². The Hall–Kier alpha value is -1.11. The Kier molecular flexibility index (Phi) is 4.37. The van der Waals surface area contributed by atoms with Crippen LogP contribution in [0.5, 0.6) is 0 Å². The summed E-state index contributed by atoms with van der Waals surface area (Å²) in [5, 5.41) is 3.24. The lowest BCUT2D eigenvalue weighted by molar-refractivity contribution is 0.521. The summed E-state index contributed by atoms with van der Waals surface area (Å²) in [6, 6.07) is 6.66. The molecule has 1 aromatic rings. The van der Waals surface area contributed by atoms with Gasteiger partial charge in [-0.15, -0.1) is 0 Å². The first-order chi connectivity index (χ1) is 8.19. The highest BCUT2D eigenvalue weighted by atomic mass is 32.2. The number of benzene rings is 1. The molecule has 0 aliphatic rings. The largest absolute Gasteiger partial charge is 0.379 e. The van der Waals surface area contributed by atoms with E-state index in [0.29, 0.717) is 6.54 Å². The van der Waals surface area contributed by atoms with Gasteiger partial charge in [-0.1, -0.05) is 0 Å². The third-order valence-corrected chi connectivity index (χ3v) is 4.46. The molecule has 6 heteroatoms. The molecule has 0 fully saturated rings. The second kappa shape index (κ2) is 5.26. The molecule has 0 saturated heterocycles. The molecule has 0 bridgehead atoms. The van der Waals surface area contributed by atoms with Crippen molar-refractivity contribution in [3.8, 4) is 0 Å². The van der Waals surface area contributed by atoms with Crippen molar-refractivity contribution in [2.24, 2.45) is 5.73 Å². The SMILES string of the molecule is CN(C)S(=O)(=O)c1ccc(NC(C)(C)CN)cc1. The molecule has 0 amide bonds. The van der Waals surface area contributed by atoms with Crippen LogP contribution in [0.3, 0.4) is 0 Å². The van der Waals surface area contributed by atoms with E-state index in [1.165, 1.54) is 18.4 Å². The van der Waals surface area contributed by atoms with Crippen molar-refractivity contribution in [3.63, 3.8) is 0 Å². The van der Waals surface area contributed by atoms with E-state index in [2.05, 4.69) is 5.32 Å².